The molecule has 0 spiro atoms. The second-order valence-electron chi connectivity index (χ2n) is 6.15. The fourth-order valence-electron chi connectivity index (χ4n) is 2.58. The summed E-state index contributed by atoms with van der Waals surface area (Å²) in [4.78, 5) is 12.2. The number of carbonyl (C=O) groups excluding carboxylic acids is 1. The van der Waals surface area contributed by atoms with Gasteiger partial charge >= 0.3 is 12.1 Å². The van der Waals surface area contributed by atoms with E-state index in [0.29, 0.717) is 13.0 Å². The Labute approximate surface area is 157 Å². The average Bonchev–Trinajstić information content (AvgIpc) is 2.60. The summed E-state index contributed by atoms with van der Waals surface area (Å²) in [6.07, 6.45) is -3.87. The molecular weight excluding hydrogens is 363 g/mol. The van der Waals surface area contributed by atoms with Crippen LogP contribution in [0.2, 0.25) is 0 Å². The number of nitrogens with zero attached hydrogens (tertiary/aromatic N) is 1. The fraction of sp³-hybridized carbons (Fsp3) is 0.579. The minimum absolute atomic E-state index is 0.0787. The highest BCUT2D eigenvalue weighted by molar-refractivity contribution is 5.75. The molecule has 8 heteroatoms. The van der Waals surface area contributed by atoms with Gasteiger partial charge in [-0.2, -0.15) is 18.4 Å². The van der Waals surface area contributed by atoms with Crippen molar-refractivity contribution in [2.45, 2.75) is 45.4 Å². The summed E-state index contributed by atoms with van der Waals surface area (Å²) in [5.41, 5.74) is -1.60. The van der Waals surface area contributed by atoms with E-state index < -0.39 is 29.4 Å². The van der Waals surface area contributed by atoms with Gasteiger partial charge in [0.15, 0.2) is 6.10 Å². The van der Waals surface area contributed by atoms with Gasteiger partial charge in [0.05, 0.1) is 23.8 Å². The van der Waals surface area contributed by atoms with Crippen molar-refractivity contribution in [3.63, 3.8) is 0 Å². The van der Waals surface area contributed by atoms with E-state index in [-0.39, 0.29) is 18.3 Å². The lowest BCUT2D eigenvalue weighted by atomic mass is 9.98. The van der Waals surface area contributed by atoms with Crippen LogP contribution in [-0.4, -0.2) is 32.4 Å². The van der Waals surface area contributed by atoms with E-state index in [2.05, 4.69) is 0 Å². The van der Waals surface area contributed by atoms with Gasteiger partial charge in [-0.05, 0) is 50.3 Å². The van der Waals surface area contributed by atoms with Crippen LogP contribution in [0.5, 0.6) is 5.75 Å². The molecule has 0 saturated heterocycles. The second-order valence-corrected chi connectivity index (χ2v) is 6.15. The lowest BCUT2D eigenvalue weighted by Gasteiger charge is -2.22. The number of hydrogen-bond acceptors (Lipinski definition) is 5. The number of esters is 1. The molecule has 0 aliphatic carbocycles. The normalized spacial score (nSPS) is 13.5. The predicted octanol–water partition coefficient (Wildman–Crippen LogP) is 4.34. The summed E-state index contributed by atoms with van der Waals surface area (Å²) in [6.45, 7) is 4.28. The van der Waals surface area contributed by atoms with E-state index >= 15 is 0 Å². The van der Waals surface area contributed by atoms with Crippen molar-refractivity contribution in [1.29, 1.82) is 5.26 Å². The number of rotatable bonds is 10. The fourth-order valence-corrected chi connectivity index (χ4v) is 2.58. The van der Waals surface area contributed by atoms with Gasteiger partial charge in [0.25, 0.3) is 0 Å². The van der Waals surface area contributed by atoms with Crippen molar-refractivity contribution in [2.24, 2.45) is 5.92 Å². The Morgan fingerprint density at radius 1 is 1.33 bits per heavy atom. The summed E-state index contributed by atoms with van der Waals surface area (Å²) in [5.74, 6) is -0.687. The molecule has 2 atom stereocenters. The van der Waals surface area contributed by atoms with Crippen molar-refractivity contribution in [3.05, 3.63) is 29.3 Å². The number of hydrogen-bond donors (Lipinski definition) is 0. The highest BCUT2D eigenvalue weighted by Gasteiger charge is 2.34. The van der Waals surface area contributed by atoms with E-state index in [4.69, 9.17) is 19.5 Å². The molecule has 0 amide bonds. The van der Waals surface area contributed by atoms with Crippen LogP contribution in [0.4, 0.5) is 13.2 Å². The molecule has 0 N–H and O–H groups in total. The Bertz CT molecular complexity index is 655. The van der Waals surface area contributed by atoms with Gasteiger partial charge < -0.3 is 14.2 Å². The van der Waals surface area contributed by atoms with Gasteiger partial charge in [-0.25, -0.2) is 4.79 Å². The number of carbonyl (C=O) groups is 1. The molecule has 1 aromatic carbocycles. The standard InChI is InChI=1S/C19H24F3NO4/c1-4-26-18(24)17(10-13(2)6-5-9-25-3)27-15-8-7-14(12-23)16(11-15)19(20,21)22/h7-8,11,13,17H,4-6,9-10H2,1-3H3. The molecule has 0 aliphatic heterocycles. The van der Waals surface area contributed by atoms with Crippen molar-refractivity contribution >= 4 is 5.97 Å². The first-order chi connectivity index (χ1) is 12.7. The van der Waals surface area contributed by atoms with Crippen molar-refractivity contribution in [1.82, 2.24) is 0 Å². The van der Waals surface area contributed by atoms with Crippen molar-refractivity contribution in [3.8, 4) is 11.8 Å². The number of alkyl halides is 3. The Morgan fingerprint density at radius 2 is 2.04 bits per heavy atom. The molecule has 27 heavy (non-hydrogen) atoms. The van der Waals surface area contributed by atoms with E-state index in [1.54, 1.807) is 14.0 Å². The molecule has 0 heterocycles. The maximum atomic E-state index is 13.1. The third kappa shape index (κ3) is 7.47. The minimum Gasteiger partial charge on any atom is -0.479 e. The zero-order chi connectivity index (χ0) is 20.4. The quantitative estimate of drug-likeness (QED) is 0.441. The van der Waals surface area contributed by atoms with Crippen LogP contribution in [-0.2, 0) is 20.4 Å². The SMILES string of the molecule is CCOC(=O)C(CC(C)CCCOC)Oc1ccc(C#N)c(C(F)(F)F)c1. The third-order valence-corrected chi connectivity index (χ3v) is 3.91. The molecule has 2 unspecified atom stereocenters. The van der Waals surface area contributed by atoms with Gasteiger partial charge in [-0.1, -0.05) is 6.92 Å². The predicted molar refractivity (Wildman–Crippen MR) is 92.1 cm³/mol. The molecule has 0 fully saturated rings. The minimum atomic E-state index is -4.70. The van der Waals surface area contributed by atoms with E-state index in [9.17, 15) is 18.0 Å². The second kappa shape index (κ2) is 10.8. The molecule has 0 aliphatic rings. The van der Waals surface area contributed by atoms with Crippen LogP contribution in [0.1, 0.15) is 44.2 Å². The molecule has 5 nitrogen and oxygen atoms in total. The van der Waals surface area contributed by atoms with Gasteiger partial charge in [0.2, 0.25) is 0 Å². The smallest absolute Gasteiger partial charge is 0.417 e. The first-order valence-electron chi connectivity index (χ1n) is 8.66. The zero-order valence-corrected chi connectivity index (χ0v) is 15.6. The van der Waals surface area contributed by atoms with E-state index in [0.717, 1.165) is 25.0 Å². The van der Waals surface area contributed by atoms with Gasteiger partial charge in [-0.3, -0.25) is 0 Å². The third-order valence-electron chi connectivity index (χ3n) is 3.91. The van der Waals surface area contributed by atoms with Crippen LogP contribution in [0.25, 0.3) is 0 Å². The molecule has 0 radical (unpaired) electrons. The van der Waals surface area contributed by atoms with Gasteiger partial charge in [0.1, 0.15) is 5.75 Å². The molecule has 0 aromatic heterocycles. The van der Waals surface area contributed by atoms with Crippen molar-refractivity contribution in [2.75, 3.05) is 20.3 Å². The molecule has 1 aromatic rings. The summed E-state index contributed by atoms with van der Waals surface area (Å²) in [6, 6.07) is 4.52. The highest BCUT2D eigenvalue weighted by atomic mass is 19.4. The molecule has 1 rings (SSSR count). The average molecular weight is 387 g/mol. The van der Waals surface area contributed by atoms with Crippen LogP contribution in [0.3, 0.4) is 0 Å². The lowest BCUT2D eigenvalue weighted by molar-refractivity contribution is -0.152. The molecule has 0 saturated carbocycles. The van der Waals surface area contributed by atoms with Crippen LogP contribution in [0.15, 0.2) is 18.2 Å². The maximum absolute atomic E-state index is 13.1. The first-order valence-corrected chi connectivity index (χ1v) is 8.66. The Morgan fingerprint density at radius 3 is 2.59 bits per heavy atom. The van der Waals surface area contributed by atoms with E-state index in [1.165, 1.54) is 12.1 Å². The Hall–Kier alpha value is -2.27. The number of nitriles is 1. The topological polar surface area (TPSA) is 68.6 Å². The molecular formula is C19H24F3NO4. The number of halogens is 3. The Balaban J connectivity index is 2.98. The lowest BCUT2D eigenvalue weighted by Crippen LogP contribution is -2.31. The van der Waals surface area contributed by atoms with Gasteiger partial charge in [0, 0.05) is 13.7 Å². The Kier molecular flexibility index (Phi) is 9.09. The summed E-state index contributed by atoms with van der Waals surface area (Å²) in [5, 5.41) is 8.86. The monoisotopic (exact) mass is 387 g/mol. The number of ether oxygens (including phenoxy) is 3. The molecule has 150 valence electrons. The summed E-state index contributed by atoms with van der Waals surface area (Å²) < 4.78 is 54.8. The summed E-state index contributed by atoms with van der Waals surface area (Å²) in [7, 11) is 1.60. The van der Waals surface area contributed by atoms with Gasteiger partial charge in [-0.15, -0.1) is 0 Å². The summed E-state index contributed by atoms with van der Waals surface area (Å²) >= 11 is 0. The zero-order valence-electron chi connectivity index (χ0n) is 15.6. The van der Waals surface area contributed by atoms with Crippen LogP contribution in [0, 0.1) is 17.2 Å². The van der Waals surface area contributed by atoms with Crippen molar-refractivity contribution < 1.29 is 32.2 Å². The number of methoxy groups -OCH3 is 1. The van der Waals surface area contributed by atoms with Crippen LogP contribution >= 0.6 is 0 Å². The highest BCUT2D eigenvalue weighted by Crippen LogP contribution is 2.34. The van der Waals surface area contributed by atoms with E-state index in [1.807, 2.05) is 6.92 Å². The largest absolute Gasteiger partial charge is 0.479 e. The number of benzene rings is 1. The van der Waals surface area contributed by atoms with Crippen LogP contribution < -0.4 is 4.74 Å². The first kappa shape index (κ1) is 22.8. The molecule has 0 bridgehead atoms. The maximum Gasteiger partial charge on any atom is 0.417 e.